The van der Waals surface area contributed by atoms with Gasteiger partial charge in [-0.3, -0.25) is 4.79 Å². The van der Waals surface area contributed by atoms with Crippen molar-refractivity contribution in [2.24, 2.45) is 0 Å². The molecule has 1 aromatic rings. The van der Waals surface area contributed by atoms with Gasteiger partial charge in [0, 0.05) is 36.5 Å². The lowest BCUT2D eigenvalue weighted by Crippen LogP contribution is -2.33. The highest BCUT2D eigenvalue weighted by atomic mass is 32.1. The van der Waals surface area contributed by atoms with Crippen molar-refractivity contribution in [3.05, 3.63) is 16.6 Å². The van der Waals surface area contributed by atoms with E-state index in [1.165, 1.54) is 0 Å². The van der Waals surface area contributed by atoms with Crippen LogP contribution in [0.3, 0.4) is 0 Å². The van der Waals surface area contributed by atoms with Gasteiger partial charge in [-0.1, -0.05) is 6.92 Å². The van der Waals surface area contributed by atoms with Crippen molar-refractivity contribution in [3.8, 4) is 0 Å². The van der Waals surface area contributed by atoms with Crippen molar-refractivity contribution in [2.45, 2.75) is 38.6 Å². The Morgan fingerprint density at radius 1 is 1.73 bits per heavy atom. The first-order chi connectivity index (χ1) is 7.22. The molecular formula is C11H16N2OS. The number of rotatable bonds is 3. The van der Waals surface area contributed by atoms with Crippen molar-refractivity contribution in [3.63, 3.8) is 0 Å². The fourth-order valence-electron chi connectivity index (χ4n) is 1.98. The van der Waals surface area contributed by atoms with Crippen LogP contribution in [0.25, 0.3) is 0 Å². The summed E-state index contributed by atoms with van der Waals surface area (Å²) in [5.74, 6) is 0.607. The summed E-state index contributed by atoms with van der Waals surface area (Å²) in [5.41, 5.74) is 0. The number of nitrogens with zero attached hydrogens (tertiary/aromatic N) is 2. The lowest BCUT2D eigenvalue weighted by Gasteiger charge is -2.23. The van der Waals surface area contributed by atoms with E-state index in [0.717, 1.165) is 18.0 Å². The van der Waals surface area contributed by atoms with Crippen LogP contribution in [0.5, 0.6) is 0 Å². The molecule has 0 aliphatic carbocycles. The lowest BCUT2D eigenvalue weighted by atomic mass is 10.1. The minimum absolute atomic E-state index is 0.282. The van der Waals surface area contributed by atoms with Crippen LogP contribution < -0.4 is 0 Å². The fourth-order valence-corrected chi connectivity index (χ4v) is 2.71. The molecule has 0 spiro atoms. The first-order valence-electron chi connectivity index (χ1n) is 5.41. The summed E-state index contributed by atoms with van der Waals surface area (Å²) < 4.78 is 0. The van der Waals surface area contributed by atoms with Crippen LogP contribution in [0, 0.1) is 0 Å². The van der Waals surface area contributed by atoms with Gasteiger partial charge in [0.2, 0.25) is 5.91 Å². The molecule has 4 heteroatoms. The zero-order valence-electron chi connectivity index (χ0n) is 9.14. The van der Waals surface area contributed by atoms with E-state index >= 15 is 0 Å². The number of carbonyl (C=O) groups excluding carboxylic acids is 1. The number of carbonyl (C=O) groups is 1. The van der Waals surface area contributed by atoms with Crippen LogP contribution in [0.1, 0.15) is 37.6 Å². The van der Waals surface area contributed by atoms with Gasteiger partial charge in [-0.05, 0) is 13.3 Å². The molecule has 1 fully saturated rings. The minimum atomic E-state index is 0.282. The Morgan fingerprint density at radius 2 is 2.53 bits per heavy atom. The molecule has 2 unspecified atom stereocenters. The maximum Gasteiger partial charge on any atom is 0.223 e. The highest BCUT2D eigenvalue weighted by molar-refractivity contribution is 7.09. The molecule has 2 rings (SSSR count). The second kappa shape index (κ2) is 4.31. The smallest absolute Gasteiger partial charge is 0.223 e. The Bertz CT molecular complexity index is 336. The second-order valence-corrected chi connectivity index (χ2v) is 5.00. The number of aromatic nitrogens is 1. The molecule has 2 atom stereocenters. The number of likely N-dealkylation sites (tertiary alicyclic amines) is 1. The maximum atomic E-state index is 11.8. The van der Waals surface area contributed by atoms with Crippen LogP contribution in [0.4, 0.5) is 0 Å². The van der Waals surface area contributed by atoms with Crippen molar-refractivity contribution in [2.75, 3.05) is 6.54 Å². The van der Waals surface area contributed by atoms with Gasteiger partial charge in [-0.25, -0.2) is 4.98 Å². The summed E-state index contributed by atoms with van der Waals surface area (Å²) in [4.78, 5) is 18.1. The molecule has 0 aromatic carbocycles. The van der Waals surface area contributed by atoms with Crippen LogP contribution in [-0.2, 0) is 4.79 Å². The third-order valence-corrected chi connectivity index (χ3v) is 4.02. The molecule has 1 aromatic heterocycles. The molecule has 15 heavy (non-hydrogen) atoms. The molecule has 1 aliphatic heterocycles. The Balaban J connectivity index is 2.07. The highest BCUT2D eigenvalue weighted by Crippen LogP contribution is 2.30. The molecular weight excluding hydrogens is 208 g/mol. The largest absolute Gasteiger partial charge is 0.339 e. The van der Waals surface area contributed by atoms with E-state index in [9.17, 15) is 4.79 Å². The molecule has 1 aliphatic rings. The Labute approximate surface area is 94.1 Å². The zero-order valence-corrected chi connectivity index (χ0v) is 9.96. The molecule has 1 saturated heterocycles. The minimum Gasteiger partial charge on any atom is -0.339 e. The highest BCUT2D eigenvalue weighted by Gasteiger charge is 2.33. The van der Waals surface area contributed by atoms with Crippen molar-refractivity contribution in [1.82, 2.24) is 9.88 Å². The van der Waals surface area contributed by atoms with E-state index in [1.807, 2.05) is 16.5 Å². The van der Waals surface area contributed by atoms with Gasteiger partial charge >= 0.3 is 0 Å². The summed E-state index contributed by atoms with van der Waals surface area (Å²) in [6, 6.07) is 0.363. The Morgan fingerprint density at radius 3 is 3.13 bits per heavy atom. The Hall–Kier alpha value is -0.900. The van der Waals surface area contributed by atoms with Gasteiger partial charge in [-0.2, -0.15) is 0 Å². The molecule has 82 valence electrons. The first kappa shape index (κ1) is 10.6. The average Bonchev–Trinajstić information content (AvgIpc) is 2.84. The number of hydrogen-bond donors (Lipinski definition) is 0. The molecule has 0 N–H and O–H groups in total. The lowest BCUT2D eigenvalue weighted by molar-refractivity contribution is -0.129. The van der Waals surface area contributed by atoms with Gasteiger partial charge in [-0.15, -0.1) is 11.3 Å². The quantitative estimate of drug-likeness (QED) is 0.789. The SMILES string of the molecule is CCC(C)N1CC(c2nccs2)CC1=O. The maximum absolute atomic E-state index is 11.8. The van der Waals surface area contributed by atoms with Crippen molar-refractivity contribution < 1.29 is 4.79 Å². The monoisotopic (exact) mass is 224 g/mol. The van der Waals surface area contributed by atoms with Crippen molar-refractivity contribution >= 4 is 17.2 Å². The first-order valence-corrected chi connectivity index (χ1v) is 6.29. The molecule has 3 nitrogen and oxygen atoms in total. The summed E-state index contributed by atoms with van der Waals surface area (Å²) in [5, 5.41) is 3.08. The predicted octanol–water partition coefficient (Wildman–Crippen LogP) is 2.26. The predicted molar refractivity (Wildman–Crippen MR) is 60.9 cm³/mol. The molecule has 0 bridgehead atoms. The Kier molecular flexibility index (Phi) is 3.05. The van der Waals surface area contributed by atoms with Gasteiger partial charge in [0.25, 0.3) is 0 Å². The van der Waals surface area contributed by atoms with Crippen molar-refractivity contribution in [1.29, 1.82) is 0 Å². The molecule has 0 radical (unpaired) electrons. The number of thiazole rings is 1. The van der Waals surface area contributed by atoms with E-state index in [1.54, 1.807) is 11.3 Å². The third-order valence-electron chi connectivity index (χ3n) is 3.08. The summed E-state index contributed by atoms with van der Waals surface area (Å²) >= 11 is 1.65. The summed E-state index contributed by atoms with van der Waals surface area (Å²) in [6.07, 6.45) is 3.48. The third kappa shape index (κ3) is 2.04. The van der Waals surface area contributed by atoms with E-state index in [2.05, 4.69) is 18.8 Å². The van der Waals surface area contributed by atoms with E-state index in [-0.39, 0.29) is 5.91 Å². The summed E-state index contributed by atoms with van der Waals surface area (Å²) in [6.45, 7) is 5.08. The fraction of sp³-hybridized carbons (Fsp3) is 0.636. The van der Waals surface area contributed by atoms with Gasteiger partial charge in [0.15, 0.2) is 0 Å². The zero-order chi connectivity index (χ0) is 10.8. The van der Waals surface area contributed by atoms with Crippen LogP contribution in [-0.4, -0.2) is 28.4 Å². The number of hydrogen-bond acceptors (Lipinski definition) is 3. The standard InChI is InChI=1S/C11H16N2OS/c1-3-8(2)13-7-9(6-10(13)14)11-12-4-5-15-11/h4-5,8-9H,3,6-7H2,1-2H3. The molecule has 0 saturated carbocycles. The molecule has 1 amide bonds. The normalized spacial score (nSPS) is 23.5. The van der Waals surface area contributed by atoms with E-state index in [0.29, 0.717) is 18.4 Å². The van der Waals surface area contributed by atoms with Gasteiger partial charge in [0.1, 0.15) is 0 Å². The van der Waals surface area contributed by atoms with Crippen LogP contribution in [0.15, 0.2) is 11.6 Å². The topological polar surface area (TPSA) is 33.2 Å². The molecule has 2 heterocycles. The van der Waals surface area contributed by atoms with Crippen LogP contribution in [0.2, 0.25) is 0 Å². The van der Waals surface area contributed by atoms with Gasteiger partial charge < -0.3 is 4.90 Å². The van der Waals surface area contributed by atoms with E-state index < -0.39 is 0 Å². The summed E-state index contributed by atoms with van der Waals surface area (Å²) in [7, 11) is 0. The average molecular weight is 224 g/mol. The second-order valence-electron chi connectivity index (χ2n) is 4.07. The van der Waals surface area contributed by atoms with Gasteiger partial charge in [0.05, 0.1) is 5.01 Å². The number of amides is 1. The van der Waals surface area contributed by atoms with E-state index in [4.69, 9.17) is 0 Å². The van der Waals surface area contributed by atoms with Crippen LogP contribution >= 0.6 is 11.3 Å².